The third-order valence-electron chi connectivity index (χ3n) is 1.43. The molecule has 0 aliphatic carbocycles. The second-order valence-corrected chi connectivity index (χ2v) is 2.44. The molecule has 0 bridgehead atoms. The number of ether oxygens (including phenoxy) is 2. The van der Waals surface area contributed by atoms with Crippen LogP contribution in [0.1, 0.15) is 20.3 Å². The second-order valence-electron chi connectivity index (χ2n) is 2.44. The van der Waals surface area contributed by atoms with Gasteiger partial charge in [0, 0.05) is 12.6 Å². The van der Waals surface area contributed by atoms with Crippen LogP contribution in [0, 0.1) is 0 Å². The van der Waals surface area contributed by atoms with Crippen molar-refractivity contribution >= 4 is 0 Å². The van der Waals surface area contributed by atoms with Crippen LogP contribution >= 0.6 is 0 Å². The fraction of sp³-hybridized carbons (Fsp3) is 1.00. The summed E-state index contributed by atoms with van der Waals surface area (Å²) in [4.78, 5) is 0. The van der Waals surface area contributed by atoms with Crippen molar-refractivity contribution in [2.45, 2.75) is 26.3 Å². The van der Waals surface area contributed by atoms with E-state index in [2.05, 4.69) is 6.92 Å². The van der Waals surface area contributed by atoms with Crippen molar-refractivity contribution in [3.63, 3.8) is 0 Å². The van der Waals surface area contributed by atoms with Gasteiger partial charge >= 0.3 is 0 Å². The molecule has 0 heterocycles. The van der Waals surface area contributed by atoms with Crippen molar-refractivity contribution in [2.75, 3.05) is 26.4 Å². The summed E-state index contributed by atoms with van der Waals surface area (Å²) in [6.07, 6.45) is 0.967. The molecule has 0 radical (unpaired) electrons. The van der Waals surface area contributed by atoms with Crippen molar-refractivity contribution < 1.29 is 9.47 Å². The van der Waals surface area contributed by atoms with Crippen LogP contribution in [0.15, 0.2) is 0 Å². The van der Waals surface area contributed by atoms with Crippen molar-refractivity contribution in [1.82, 2.24) is 0 Å². The van der Waals surface area contributed by atoms with Gasteiger partial charge in [-0.25, -0.2) is 0 Å². The molecule has 0 saturated heterocycles. The van der Waals surface area contributed by atoms with Crippen LogP contribution in [0.4, 0.5) is 0 Å². The van der Waals surface area contributed by atoms with Gasteiger partial charge in [-0.15, -0.1) is 0 Å². The number of nitrogens with two attached hydrogens (primary N) is 1. The molecule has 0 rings (SSSR count). The summed E-state index contributed by atoms with van der Waals surface area (Å²) in [6, 6.07) is 0.177. The predicted octanol–water partition coefficient (Wildman–Crippen LogP) is 0.777. The van der Waals surface area contributed by atoms with E-state index in [1.165, 1.54) is 0 Å². The Labute approximate surface area is 68.9 Å². The maximum absolute atomic E-state index is 5.62. The Hall–Kier alpha value is -0.120. The topological polar surface area (TPSA) is 44.5 Å². The van der Waals surface area contributed by atoms with Gasteiger partial charge in [-0.2, -0.15) is 0 Å². The molecular formula is C8H19NO2. The Morgan fingerprint density at radius 3 is 2.36 bits per heavy atom. The van der Waals surface area contributed by atoms with Crippen LogP contribution in [0.2, 0.25) is 0 Å². The number of hydrogen-bond donors (Lipinski definition) is 1. The van der Waals surface area contributed by atoms with Gasteiger partial charge in [0.25, 0.3) is 0 Å². The van der Waals surface area contributed by atoms with E-state index in [1.54, 1.807) is 0 Å². The van der Waals surface area contributed by atoms with E-state index < -0.39 is 0 Å². The van der Waals surface area contributed by atoms with E-state index in [4.69, 9.17) is 15.2 Å². The molecule has 3 heteroatoms. The third kappa shape index (κ3) is 7.78. The van der Waals surface area contributed by atoms with E-state index in [-0.39, 0.29) is 6.04 Å². The van der Waals surface area contributed by atoms with Gasteiger partial charge in [0.05, 0.1) is 19.8 Å². The Kier molecular flexibility index (Phi) is 7.89. The van der Waals surface area contributed by atoms with Gasteiger partial charge in [0.2, 0.25) is 0 Å². The van der Waals surface area contributed by atoms with Gasteiger partial charge < -0.3 is 15.2 Å². The van der Waals surface area contributed by atoms with E-state index >= 15 is 0 Å². The van der Waals surface area contributed by atoms with Crippen LogP contribution in [0.3, 0.4) is 0 Å². The summed E-state index contributed by atoms with van der Waals surface area (Å²) in [6.45, 7) is 6.75. The Morgan fingerprint density at radius 1 is 1.18 bits per heavy atom. The van der Waals surface area contributed by atoms with E-state index in [0.29, 0.717) is 19.8 Å². The van der Waals surface area contributed by atoms with Gasteiger partial charge in [-0.1, -0.05) is 6.92 Å². The largest absolute Gasteiger partial charge is 0.379 e. The standard InChI is InChI=1S/C8H19NO2/c1-3-8(9)7-11-6-5-10-4-2/h8H,3-7,9H2,1-2H3. The van der Waals surface area contributed by atoms with Crippen molar-refractivity contribution in [3.05, 3.63) is 0 Å². The van der Waals surface area contributed by atoms with Gasteiger partial charge in [-0.3, -0.25) is 0 Å². The zero-order chi connectivity index (χ0) is 8.53. The Balaban J connectivity index is 2.89. The first-order chi connectivity index (χ1) is 5.31. The molecule has 0 aromatic rings. The van der Waals surface area contributed by atoms with E-state index in [9.17, 15) is 0 Å². The smallest absolute Gasteiger partial charge is 0.0701 e. The molecule has 0 spiro atoms. The fourth-order valence-corrected chi connectivity index (χ4v) is 0.615. The predicted molar refractivity (Wildman–Crippen MR) is 45.6 cm³/mol. The summed E-state index contributed by atoms with van der Waals surface area (Å²) >= 11 is 0. The van der Waals surface area contributed by atoms with E-state index in [1.807, 2.05) is 6.92 Å². The molecular weight excluding hydrogens is 142 g/mol. The van der Waals surface area contributed by atoms with Gasteiger partial charge in [0.15, 0.2) is 0 Å². The third-order valence-corrected chi connectivity index (χ3v) is 1.43. The summed E-state index contributed by atoms with van der Waals surface area (Å²) in [5, 5.41) is 0. The molecule has 0 aliphatic rings. The molecule has 1 unspecified atom stereocenters. The van der Waals surface area contributed by atoms with Gasteiger partial charge in [-0.05, 0) is 13.3 Å². The average Bonchev–Trinajstić information content (AvgIpc) is 2.04. The Morgan fingerprint density at radius 2 is 1.82 bits per heavy atom. The van der Waals surface area contributed by atoms with Gasteiger partial charge in [0.1, 0.15) is 0 Å². The average molecular weight is 161 g/mol. The van der Waals surface area contributed by atoms with Crippen LogP contribution < -0.4 is 5.73 Å². The molecule has 0 aromatic heterocycles. The normalized spacial score (nSPS) is 13.4. The van der Waals surface area contributed by atoms with Crippen LogP contribution in [0.5, 0.6) is 0 Å². The second kappa shape index (κ2) is 7.98. The molecule has 0 aliphatic heterocycles. The fourth-order valence-electron chi connectivity index (χ4n) is 0.615. The minimum atomic E-state index is 0.177. The first-order valence-corrected chi connectivity index (χ1v) is 4.22. The maximum atomic E-state index is 5.62. The molecule has 2 N–H and O–H groups in total. The lowest BCUT2D eigenvalue weighted by Crippen LogP contribution is -2.25. The van der Waals surface area contributed by atoms with E-state index in [0.717, 1.165) is 13.0 Å². The van der Waals surface area contributed by atoms with Crippen LogP contribution in [-0.4, -0.2) is 32.5 Å². The SMILES string of the molecule is CCOCCOCC(N)CC. The highest BCUT2D eigenvalue weighted by atomic mass is 16.5. The lowest BCUT2D eigenvalue weighted by Gasteiger charge is -2.08. The summed E-state index contributed by atoms with van der Waals surface area (Å²) in [5.41, 5.74) is 5.62. The summed E-state index contributed by atoms with van der Waals surface area (Å²) in [7, 11) is 0. The molecule has 3 nitrogen and oxygen atoms in total. The van der Waals surface area contributed by atoms with Crippen molar-refractivity contribution in [2.24, 2.45) is 5.73 Å². The minimum Gasteiger partial charge on any atom is -0.379 e. The van der Waals surface area contributed by atoms with Crippen LogP contribution in [0.25, 0.3) is 0 Å². The first kappa shape index (κ1) is 10.9. The highest BCUT2D eigenvalue weighted by Crippen LogP contribution is 1.87. The molecule has 68 valence electrons. The number of hydrogen-bond acceptors (Lipinski definition) is 3. The maximum Gasteiger partial charge on any atom is 0.0701 e. The monoisotopic (exact) mass is 161 g/mol. The zero-order valence-corrected chi connectivity index (χ0v) is 7.51. The first-order valence-electron chi connectivity index (χ1n) is 4.22. The van der Waals surface area contributed by atoms with Crippen molar-refractivity contribution in [1.29, 1.82) is 0 Å². The van der Waals surface area contributed by atoms with Crippen LogP contribution in [-0.2, 0) is 9.47 Å². The molecule has 1 atom stereocenters. The minimum absolute atomic E-state index is 0.177. The number of rotatable bonds is 7. The Bertz CT molecular complexity index is 78.5. The molecule has 0 amide bonds. The molecule has 0 fully saturated rings. The molecule has 11 heavy (non-hydrogen) atoms. The zero-order valence-electron chi connectivity index (χ0n) is 7.51. The lowest BCUT2D eigenvalue weighted by molar-refractivity contribution is 0.0471. The molecule has 0 saturated carbocycles. The highest BCUT2D eigenvalue weighted by molar-refractivity contribution is 4.54. The highest BCUT2D eigenvalue weighted by Gasteiger charge is 1.97. The summed E-state index contributed by atoms with van der Waals surface area (Å²) < 4.78 is 10.3. The molecule has 0 aromatic carbocycles. The lowest BCUT2D eigenvalue weighted by atomic mass is 10.3. The van der Waals surface area contributed by atoms with Crippen molar-refractivity contribution in [3.8, 4) is 0 Å². The summed E-state index contributed by atoms with van der Waals surface area (Å²) in [5.74, 6) is 0. The quantitative estimate of drug-likeness (QED) is 0.561.